The van der Waals surface area contributed by atoms with Crippen molar-refractivity contribution in [3.63, 3.8) is 0 Å². The molecular weight excluding hydrogens is 265 g/mol. The minimum atomic E-state index is -4.52. The summed E-state index contributed by atoms with van der Waals surface area (Å²) in [5.74, 6) is -1.16. The Bertz CT molecular complexity index is 329. The third-order valence-corrected chi connectivity index (χ3v) is 2.01. The zero-order valence-electron chi connectivity index (χ0n) is 7.10. The number of hydrogen-bond acceptors (Lipinski definition) is 3. The zero-order chi connectivity index (χ0) is 10.8. The second-order valence-electron chi connectivity index (χ2n) is 2.42. The van der Waals surface area contributed by atoms with Crippen LogP contribution in [0.2, 0.25) is 0 Å². The van der Waals surface area contributed by atoms with Crippen molar-refractivity contribution in [2.75, 3.05) is 7.11 Å². The van der Waals surface area contributed by atoms with E-state index in [1.54, 1.807) is 0 Å². The summed E-state index contributed by atoms with van der Waals surface area (Å²) in [5, 5.41) is 0. The molecule has 0 N–H and O–H groups in total. The standard InChI is InChI=1S/C7H6BrF3N2O/c1-14-3-5-4(8)2-12-6(13-5)7(9,10)11/h2H,3H2,1H3. The number of ether oxygens (including phenoxy) is 1. The molecule has 1 rings (SSSR count). The minimum Gasteiger partial charge on any atom is -0.378 e. The molecule has 7 heteroatoms. The van der Waals surface area contributed by atoms with Crippen LogP contribution in [0.1, 0.15) is 11.5 Å². The lowest BCUT2D eigenvalue weighted by Gasteiger charge is -2.07. The van der Waals surface area contributed by atoms with Crippen LogP contribution in [0.3, 0.4) is 0 Å². The molecule has 1 heterocycles. The van der Waals surface area contributed by atoms with Gasteiger partial charge in [-0.25, -0.2) is 9.97 Å². The molecular formula is C7H6BrF3N2O. The van der Waals surface area contributed by atoms with Crippen LogP contribution in [0.15, 0.2) is 10.7 Å². The summed E-state index contributed by atoms with van der Waals surface area (Å²) >= 11 is 3.03. The highest BCUT2D eigenvalue weighted by molar-refractivity contribution is 9.10. The highest BCUT2D eigenvalue weighted by Gasteiger charge is 2.34. The van der Waals surface area contributed by atoms with E-state index in [4.69, 9.17) is 0 Å². The first-order valence-electron chi connectivity index (χ1n) is 3.52. The molecule has 0 fully saturated rings. The highest BCUT2D eigenvalue weighted by atomic mass is 79.9. The maximum atomic E-state index is 12.2. The van der Waals surface area contributed by atoms with Gasteiger partial charge in [0.25, 0.3) is 0 Å². The van der Waals surface area contributed by atoms with Crippen molar-refractivity contribution < 1.29 is 17.9 Å². The van der Waals surface area contributed by atoms with Gasteiger partial charge in [-0.3, -0.25) is 0 Å². The summed E-state index contributed by atoms with van der Waals surface area (Å²) in [6.07, 6.45) is -3.46. The molecule has 0 aliphatic rings. The van der Waals surface area contributed by atoms with E-state index in [0.29, 0.717) is 4.47 Å². The number of methoxy groups -OCH3 is 1. The highest BCUT2D eigenvalue weighted by Crippen LogP contribution is 2.27. The van der Waals surface area contributed by atoms with Gasteiger partial charge in [-0.2, -0.15) is 13.2 Å². The first-order valence-corrected chi connectivity index (χ1v) is 4.32. The predicted octanol–water partition coefficient (Wildman–Crippen LogP) is 2.40. The summed E-state index contributed by atoms with van der Waals surface area (Å²) in [6.45, 7) is 0.00613. The SMILES string of the molecule is COCc1nc(C(F)(F)F)ncc1Br. The summed E-state index contributed by atoms with van der Waals surface area (Å²) in [4.78, 5) is 6.48. The molecule has 1 aromatic rings. The monoisotopic (exact) mass is 270 g/mol. The summed E-state index contributed by atoms with van der Waals surface area (Å²) in [6, 6.07) is 0. The number of hydrogen-bond donors (Lipinski definition) is 0. The average Bonchev–Trinajstić information content (AvgIpc) is 2.07. The Kier molecular flexibility index (Phi) is 3.43. The van der Waals surface area contributed by atoms with E-state index >= 15 is 0 Å². The van der Waals surface area contributed by atoms with Gasteiger partial charge in [0.05, 0.1) is 16.8 Å². The molecule has 3 nitrogen and oxygen atoms in total. The third-order valence-electron chi connectivity index (χ3n) is 1.35. The quantitative estimate of drug-likeness (QED) is 0.828. The Morgan fingerprint density at radius 3 is 2.64 bits per heavy atom. The van der Waals surface area contributed by atoms with E-state index in [1.165, 1.54) is 7.11 Å². The lowest BCUT2D eigenvalue weighted by molar-refractivity contribution is -0.145. The van der Waals surface area contributed by atoms with Gasteiger partial charge in [0.1, 0.15) is 0 Å². The largest absolute Gasteiger partial charge is 0.451 e. The average molecular weight is 271 g/mol. The van der Waals surface area contributed by atoms with E-state index in [0.717, 1.165) is 6.20 Å². The van der Waals surface area contributed by atoms with Crippen molar-refractivity contribution in [2.45, 2.75) is 12.8 Å². The van der Waals surface area contributed by atoms with Gasteiger partial charge in [0.2, 0.25) is 5.82 Å². The first kappa shape index (κ1) is 11.4. The lowest BCUT2D eigenvalue weighted by Crippen LogP contribution is -2.12. The topological polar surface area (TPSA) is 35.0 Å². The number of alkyl halides is 3. The molecule has 0 saturated heterocycles. The third kappa shape index (κ3) is 2.65. The van der Waals surface area contributed by atoms with Crippen molar-refractivity contribution in [3.05, 3.63) is 22.2 Å². The van der Waals surface area contributed by atoms with Gasteiger partial charge in [-0.1, -0.05) is 0 Å². The van der Waals surface area contributed by atoms with Crippen LogP contribution in [-0.4, -0.2) is 17.1 Å². The van der Waals surface area contributed by atoms with Gasteiger partial charge in [0.15, 0.2) is 0 Å². The fraction of sp³-hybridized carbons (Fsp3) is 0.429. The number of aromatic nitrogens is 2. The molecule has 0 radical (unpaired) electrons. The fourth-order valence-electron chi connectivity index (χ4n) is 0.777. The van der Waals surface area contributed by atoms with Crippen LogP contribution in [0, 0.1) is 0 Å². The summed E-state index contributed by atoms with van der Waals surface area (Å²) < 4.78 is 41.6. The minimum absolute atomic E-state index is 0.00613. The van der Waals surface area contributed by atoms with Gasteiger partial charge in [-0.05, 0) is 15.9 Å². The van der Waals surface area contributed by atoms with Crippen molar-refractivity contribution in [3.8, 4) is 0 Å². The molecule has 0 bridgehead atoms. The fourth-order valence-corrected chi connectivity index (χ4v) is 1.08. The van der Waals surface area contributed by atoms with Crippen molar-refractivity contribution >= 4 is 15.9 Å². The number of halogens is 4. The smallest absolute Gasteiger partial charge is 0.378 e. The molecule has 0 aliphatic heterocycles. The Labute approximate surface area is 86.4 Å². The van der Waals surface area contributed by atoms with Crippen molar-refractivity contribution in [1.82, 2.24) is 9.97 Å². The maximum absolute atomic E-state index is 12.2. The second kappa shape index (κ2) is 4.22. The van der Waals surface area contributed by atoms with Crippen LogP contribution in [0.5, 0.6) is 0 Å². The van der Waals surface area contributed by atoms with Crippen LogP contribution in [-0.2, 0) is 17.5 Å². The Balaban J connectivity index is 3.06. The number of rotatable bonds is 2. The second-order valence-corrected chi connectivity index (χ2v) is 3.27. The Morgan fingerprint density at radius 1 is 1.50 bits per heavy atom. The van der Waals surface area contributed by atoms with Crippen LogP contribution >= 0.6 is 15.9 Å². The predicted molar refractivity (Wildman–Crippen MR) is 45.4 cm³/mol. The summed E-state index contributed by atoms with van der Waals surface area (Å²) in [7, 11) is 1.38. The van der Waals surface area contributed by atoms with E-state index in [-0.39, 0.29) is 12.3 Å². The van der Waals surface area contributed by atoms with Crippen LogP contribution in [0.25, 0.3) is 0 Å². The number of nitrogens with zero attached hydrogens (tertiary/aromatic N) is 2. The molecule has 0 aromatic carbocycles. The molecule has 0 atom stereocenters. The van der Waals surface area contributed by atoms with Crippen molar-refractivity contribution in [2.24, 2.45) is 0 Å². The molecule has 0 unspecified atom stereocenters. The molecule has 0 amide bonds. The molecule has 1 aromatic heterocycles. The molecule has 0 saturated carbocycles. The van der Waals surface area contributed by atoms with Gasteiger partial charge in [0, 0.05) is 13.3 Å². The van der Waals surface area contributed by atoms with Crippen LogP contribution < -0.4 is 0 Å². The maximum Gasteiger partial charge on any atom is 0.451 e. The normalized spacial score (nSPS) is 11.8. The summed E-state index contributed by atoms with van der Waals surface area (Å²) in [5.41, 5.74) is 0.176. The molecule has 14 heavy (non-hydrogen) atoms. The molecule has 0 spiro atoms. The van der Waals surface area contributed by atoms with Crippen molar-refractivity contribution in [1.29, 1.82) is 0 Å². The van der Waals surface area contributed by atoms with E-state index in [2.05, 4.69) is 30.6 Å². The van der Waals surface area contributed by atoms with Gasteiger partial charge >= 0.3 is 6.18 Å². The van der Waals surface area contributed by atoms with Crippen LogP contribution in [0.4, 0.5) is 13.2 Å². The first-order chi connectivity index (χ1) is 6.45. The van der Waals surface area contributed by atoms with E-state index in [9.17, 15) is 13.2 Å². The molecule has 78 valence electrons. The van der Waals surface area contributed by atoms with Gasteiger partial charge < -0.3 is 4.74 Å². The molecule has 0 aliphatic carbocycles. The lowest BCUT2D eigenvalue weighted by atomic mass is 10.4. The van der Waals surface area contributed by atoms with E-state index in [1.807, 2.05) is 0 Å². The van der Waals surface area contributed by atoms with Gasteiger partial charge in [-0.15, -0.1) is 0 Å². The van der Waals surface area contributed by atoms with E-state index < -0.39 is 12.0 Å². The zero-order valence-corrected chi connectivity index (χ0v) is 8.68. The Hall–Kier alpha value is -0.690. The Morgan fingerprint density at radius 2 is 2.14 bits per heavy atom.